The van der Waals surface area contributed by atoms with Crippen molar-refractivity contribution in [3.63, 3.8) is 0 Å². The third kappa shape index (κ3) is 10.6. The first kappa shape index (κ1) is 51.3. The van der Waals surface area contributed by atoms with Crippen LogP contribution in [-0.4, -0.2) is 64.9 Å². The standard InChI is InChI=1S/C14H17NO.C13H15NO2.C13H15NO.2C12H13NO2/c1-9(2)13-8-11-10-4-3-7-16-14(10)6-5-12(11)15-13;1-8(2)11-7-9-10(14-11)3-4-12-13(9)16-6-5-15-12;1-8(2)12-7-10-9-5-6-15-13(9)4-3-11(10)14-12;1-7(2)9-3-8-4-11-12(15-6-14-11)5-10(8)13-9;1-7(2)10-5-8-9(13-10)3-4-11-12(8)15-6-14-11/h5-6,8-9,15H,3-4,7H2,1-2H3;3-4,7-8,14H,5-6H2,1-2H3;3-4,7-8,14H,5-6H2,1-2H3;2*3-5,7,13H,6H2,1-2H3. The van der Waals surface area contributed by atoms with Gasteiger partial charge in [0.25, 0.3) is 0 Å². The Morgan fingerprint density at radius 2 is 0.701 bits per heavy atom. The van der Waals surface area contributed by atoms with Crippen molar-refractivity contribution in [3.05, 3.63) is 131 Å². The van der Waals surface area contributed by atoms with E-state index >= 15 is 0 Å². The third-order valence-corrected chi connectivity index (χ3v) is 15.0. The Labute approximate surface area is 450 Å². The number of H-pyrrole nitrogens is 5. The van der Waals surface area contributed by atoms with E-state index in [1.54, 1.807) is 0 Å². The monoisotopic (exact) mass is 1040 g/mol. The van der Waals surface area contributed by atoms with Gasteiger partial charge in [0.15, 0.2) is 34.5 Å². The second-order valence-electron chi connectivity index (χ2n) is 22.1. The molecule has 0 unspecified atom stereocenters. The molecule has 5 N–H and O–H groups in total. The van der Waals surface area contributed by atoms with Crippen molar-refractivity contribution in [2.75, 3.05) is 40.0 Å². The van der Waals surface area contributed by atoms with Crippen LogP contribution >= 0.6 is 0 Å². The fourth-order valence-electron chi connectivity index (χ4n) is 10.4. The van der Waals surface area contributed by atoms with Crippen LogP contribution in [0.1, 0.15) is 145 Å². The lowest BCUT2D eigenvalue weighted by atomic mass is 10.0. The van der Waals surface area contributed by atoms with Gasteiger partial charge in [-0.25, -0.2) is 0 Å². The largest absolute Gasteiger partial charge is 0.493 e. The van der Waals surface area contributed by atoms with E-state index in [0.717, 1.165) is 106 Å². The van der Waals surface area contributed by atoms with Gasteiger partial charge in [-0.15, -0.1) is 0 Å². The molecule has 0 atom stereocenters. The molecule has 10 aromatic rings. The van der Waals surface area contributed by atoms with Crippen LogP contribution in [0.2, 0.25) is 0 Å². The summed E-state index contributed by atoms with van der Waals surface area (Å²) in [6, 6.07) is 31.5. The highest BCUT2D eigenvalue weighted by molar-refractivity contribution is 5.91. The Morgan fingerprint density at radius 3 is 1.26 bits per heavy atom. The number of hydrogen-bond acceptors (Lipinski definition) is 8. The topological polar surface area (TPSA) is 153 Å². The second kappa shape index (κ2) is 21.7. The van der Waals surface area contributed by atoms with Crippen molar-refractivity contribution in [1.29, 1.82) is 0 Å². The first-order valence-corrected chi connectivity index (χ1v) is 27.6. The van der Waals surface area contributed by atoms with Crippen molar-refractivity contribution >= 4 is 54.5 Å². The smallest absolute Gasteiger partial charge is 0.231 e. The normalized spacial score (nSPS) is 14.5. The van der Waals surface area contributed by atoms with Gasteiger partial charge in [-0.3, -0.25) is 0 Å². The molecule has 5 aromatic heterocycles. The number of nitrogens with one attached hydrogen (secondary N) is 5. The van der Waals surface area contributed by atoms with Crippen LogP contribution in [0, 0.1) is 0 Å². The summed E-state index contributed by atoms with van der Waals surface area (Å²) in [6.45, 7) is 25.5. The molecular formula is C64H73N5O8. The van der Waals surface area contributed by atoms with E-state index in [1.165, 1.54) is 66.8 Å². The fourth-order valence-corrected chi connectivity index (χ4v) is 10.4. The van der Waals surface area contributed by atoms with E-state index < -0.39 is 0 Å². The molecular weight excluding hydrogens is 967 g/mol. The minimum atomic E-state index is 0.330. The Bertz CT molecular complexity index is 3480. The summed E-state index contributed by atoms with van der Waals surface area (Å²) in [6.07, 6.45) is 3.32. The first-order valence-electron chi connectivity index (χ1n) is 27.6. The quantitative estimate of drug-likeness (QED) is 0.114. The van der Waals surface area contributed by atoms with Gasteiger partial charge in [-0.05, 0) is 127 Å². The maximum Gasteiger partial charge on any atom is 0.231 e. The van der Waals surface area contributed by atoms with E-state index in [1.807, 2.05) is 30.3 Å². The van der Waals surface area contributed by atoms with Crippen molar-refractivity contribution in [2.24, 2.45) is 0 Å². The number of fused-ring (bicyclic) bond motifs is 14. The number of rotatable bonds is 5. The van der Waals surface area contributed by atoms with Crippen LogP contribution < -0.4 is 37.9 Å². The van der Waals surface area contributed by atoms with Gasteiger partial charge >= 0.3 is 0 Å². The van der Waals surface area contributed by atoms with E-state index in [0.29, 0.717) is 56.4 Å². The Kier molecular flexibility index (Phi) is 14.4. The van der Waals surface area contributed by atoms with Crippen molar-refractivity contribution < 1.29 is 37.9 Å². The highest BCUT2D eigenvalue weighted by atomic mass is 16.7. The van der Waals surface area contributed by atoms with Crippen molar-refractivity contribution in [3.8, 4) is 46.0 Å². The summed E-state index contributed by atoms with van der Waals surface area (Å²) in [5.74, 6) is 9.87. The maximum absolute atomic E-state index is 5.69. The molecule has 5 aromatic carbocycles. The minimum absolute atomic E-state index is 0.330. The summed E-state index contributed by atoms with van der Waals surface area (Å²) >= 11 is 0. The fraction of sp³-hybridized carbons (Fsp3) is 0.375. The SMILES string of the molecule is CC(C)c1cc2c3c(ccc2[nH]1)OCC3.CC(C)c1cc2c3c(ccc2[nH]1)OCCC3.CC(C)c1cc2c3c(ccc2[nH]1)OCCO3.CC(C)c1cc2c3c(ccc2[nH]1)OCO3.CC(C)c1cc2cc3c(cc2[nH]1)OCO3. The minimum Gasteiger partial charge on any atom is -0.493 e. The van der Waals surface area contributed by atoms with Gasteiger partial charge in [-0.2, -0.15) is 0 Å². The highest BCUT2D eigenvalue weighted by Gasteiger charge is 2.22. The lowest BCUT2D eigenvalue weighted by Gasteiger charge is -2.18. The van der Waals surface area contributed by atoms with E-state index in [4.69, 9.17) is 37.9 Å². The van der Waals surface area contributed by atoms with Crippen LogP contribution in [-0.2, 0) is 12.8 Å². The van der Waals surface area contributed by atoms with Gasteiger partial charge in [0.05, 0.1) is 13.2 Å². The van der Waals surface area contributed by atoms with Crippen molar-refractivity contribution in [2.45, 2.75) is 118 Å². The summed E-state index contributed by atoms with van der Waals surface area (Å²) < 4.78 is 44.0. The number of benzene rings is 5. The third-order valence-electron chi connectivity index (χ3n) is 15.0. The molecule has 0 radical (unpaired) electrons. The van der Waals surface area contributed by atoms with Gasteiger partial charge in [0, 0.05) is 107 Å². The zero-order chi connectivity index (χ0) is 53.5. The number of aryl methyl sites for hydroxylation is 1. The highest BCUT2D eigenvalue weighted by Crippen LogP contribution is 2.42. The summed E-state index contributed by atoms with van der Waals surface area (Å²) in [4.78, 5) is 17.1. The molecule has 0 spiro atoms. The lowest BCUT2D eigenvalue weighted by Crippen LogP contribution is -2.15. The molecule has 0 saturated heterocycles. The molecule has 0 bridgehead atoms. The number of aromatic amines is 5. The van der Waals surface area contributed by atoms with Gasteiger partial charge in [-0.1, -0.05) is 69.2 Å². The molecule has 402 valence electrons. The molecule has 10 heterocycles. The summed E-state index contributed by atoms with van der Waals surface area (Å²) in [5, 5.41) is 6.12. The molecule has 5 aliphatic heterocycles. The average Bonchev–Trinajstić information content (AvgIpc) is 4.29. The molecule has 0 saturated carbocycles. The molecule has 13 nitrogen and oxygen atoms in total. The summed E-state index contributed by atoms with van der Waals surface area (Å²) in [7, 11) is 0. The van der Waals surface area contributed by atoms with Crippen LogP contribution in [0.4, 0.5) is 0 Å². The summed E-state index contributed by atoms with van der Waals surface area (Å²) in [5.41, 5.74) is 14.9. The molecule has 5 aliphatic rings. The average molecular weight is 1040 g/mol. The lowest BCUT2D eigenvalue weighted by molar-refractivity contribution is 0.174. The van der Waals surface area contributed by atoms with Crippen molar-refractivity contribution in [1.82, 2.24) is 24.9 Å². The predicted molar refractivity (Wildman–Crippen MR) is 308 cm³/mol. The molecule has 0 amide bonds. The number of ether oxygens (including phenoxy) is 8. The molecule has 13 heteroatoms. The Hall–Kier alpha value is -7.80. The van der Waals surface area contributed by atoms with Crippen LogP contribution in [0.25, 0.3) is 54.5 Å². The zero-order valence-corrected chi connectivity index (χ0v) is 46.2. The first-order chi connectivity index (χ1) is 37.3. The Balaban J connectivity index is 0.000000102. The van der Waals surface area contributed by atoms with Gasteiger partial charge < -0.3 is 62.8 Å². The van der Waals surface area contributed by atoms with E-state index in [9.17, 15) is 0 Å². The second-order valence-corrected chi connectivity index (χ2v) is 22.1. The maximum atomic E-state index is 5.69. The van der Waals surface area contributed by atoms with Gasteiger partial charge in [0.1, 0.15) is 24.7 Å². The molecule has 15 rings (SSSR count). The van der Waals surface area contributed by atoms with Crippen LogP contribution in [0.3, 0.4) is 0 Å². The number of hydrogen-bond donors (Lipinski definition) is 5. The molecule has 0 fully saturated rings. The molecule has 0 aliphatic carbocycles. The van der Waals surface area contributed by atoms with E-state index in [-0.39, 0.29) is 0 Å². The van der Waals surface area contributed by atoms with Crippen LogP contribution in [0.15, 0.2) is 91.0 Å². The molecule has 77 heavy (non-hydrogen) atoms. The van der Waals surface area contributed by atoms with Crippen LogP contribution in [0.5, 0.6) is 46.0 Å². The number of aromatic nitrogens is 5. The van der Waals surface area contributed by atoms with Gasteiger partial charge in [0.2, 0.25) is 13.6 Å². The zero-order valence-electron chi connectivity index (χ0n) is 46.2. The predicted octanol–water partition coefficient (Wildman–Crippen LogP) is 15.9. The van der Waals surface area contributed by atoms with E-state index in [2.05, 4.69) is 155 Å². The Morgan fingerprint density at radius 1 is 0.312 bits per heavy atom.